The van der Waals surface area contributed by atoms with Crippen LogP contribution in [0.3, 0.4) is 0 Å². The number of piperidine rings is 3. The largest absolute Gasteiger partial charge is 0.374 e. The number of alkyl halides is 2. The van der Waals surface area contributed by atoms with Gasteiger partial charge in [-0.2, -0.15) is 10.2 Å². The van der Waals surface area contributed by atoms with Crippen LogP contribution in [0.2, 0.25) is 0 Å². The van der Waals surface area contributed by atoms with Crippen LogP contribution in [0.15, 0.2) is 71.9 Å². The van der Waals surface area contributed by atoms with Crippen molar-refractivity contribution in [3.63, 3.8) is 0 Å². The van der Waals surface area contributed by atoms with Crippen molar-refractivity contribution in [2.75, 3.05) is 54.4 Å². The van der Waals surface area contributed by atoms with E-state index < -0.39 is 30.0 Å². The molecule has 5 saturated heterocycles. The van der Waals surface area contributed by atoms with Gasteiger partial charge in [-0.3, -0.25) is 38.4 Å². The Bertz CT molecular complexity index is 2910. The molecule has 350 valence electrons. The van der Waals surface area contributed by atoms with Crippen molar-refractivity contribution in [3.8, 4) is 0 Å². The zero-order valence-corrected chi connectivity index (χ0v) is 37.4. The van der Waals surface area contributed by atoms with Gasteiger partial charge in [0.1, 0.15) is 17.4 Å². The molecule has 2 aromatic carbocycles. The molecule has 67 heavy (non-hydrogen) atoms. The predicted octanol–water partition coefficient (Wildman–Crippen LogP) is 5.41. The number of carbonyl (C=O) groups is 3. The van der Waals surface area contributed by atoms with E-state index >= 15 is 0 Å². The molecule has 5 aliphatic heterocycles. The molecule has 9 heterocycles. The summed E-state index contributed by atoms with van der Waals surface area (Å²) in [5, 5.41) is 13.7. The molecule has 3 atom stereocenters. The lowest BCUT2D eigenvalue weighted by atomic mass is 9.90. The number of imide groups is 1. The van der Waals surface area contributed by atoms with Crippen molar-refractivity contribution in [3.05, 3.63) is 100.0 Å². The van der Waals surface area contributed by atoms with Crippen molar-refractivity contribution in [2.45, 2.75) is 95.0 Å². The molecule has 1 unspecified atom stereocenters. The highest BCUT2D eigenvalue weighted by Crippen LogP contribution is 2.35. The average Bonchev–Trinajstić information content (AvgIpc) is 4.19. The van der Waals surface area contributed by atoms with Gasteiger partial charge in [0.15, 0.2) is 11.3 Å². The van der Waals surface area contributed by atoms with Crippen LogP contribution in [0, 0.1) is 5.92 Å². The van der Waals surface area contributed by atoms with Crippen LogP contribution < -0.4 is 26.1 Å². The maximum Gasteiger partial charge on any atom is 0.329 e. The number of rotatable bonds is 12. The van der Waals surface area contributed by atoms with E-state index in [1.54, 1.807) is 27.1 Å². The summed E-state index contributed by atoms with van der Waals surface area (Å²) in [7, 11) is 1.76. The number of morpholine rings is 1. The number of likely N-dealkylation sites (tertiary alicyclic amines) is 1. The number of imidazole rings is 1. The summed E-state index contributed by atoms with van der Waals surface area (Å²) in [6, 6.07) is 16.0. The quantitative estimate of drug-likeness (QED) is 0.151. The third kappa shape index (κ3) is 8.25. The fourth-order valence-corrected chi connectivity index (χ4v) is 11.1. The van der Waals surface area contributed by atoms with Crippen molar-refractivity contribution in [1.29, 1.82) is 0 Å². The lowest BCUT2D eigenvalue weighted by Crippen LogP contribution is -2.44. The van der Waals surface area contributed by atoms with E-state index in [0.717, 1.165) is 107 Å². The Morgan fingerprint density at radius 1 is 0.970 bits per heavy atom. The lowest BCUT2D eigenvalue weighted by molar-refractivity contribution is -0.135. The summed E-state index contributed by atoms with van der Waals surface area (Å²) >= 11 is 0. The van der Waals surface area contributed by atoms with E-state index in [0.29, 0.717) is 24.6 Å². The summed E-state index contributed by atoms with van der Waals surface area (Å²) < 4.78 is 40.7. The number of benzene rings is 2. The number of aryl methyl sites for hydroxylation is 2. The normalized spacial score (nSPS) is 21.9. The number of nitrogens with zero attached hydrogens (tertiary/aromatic N) is 10. The molecule has 5 fully saturated rings. The fraction of sp³-hybridized carbons (Fsp3) is 0.479. The Kier molecular flexibility index (Phi) is 11.4. The second-order valence-corrected chi connectivity index (χ2v) is 18.9. The highest BCUT2D eigenvalue weighted by Gasteiger charge is 2.40. The van der Waals surface area contributed by atoms with Gasteiger partial charge in [-0.1, -0.05) is 24.3 Å². The smallest absolute Gasteiger partial charge is 0.329 e. The van der Waals surface area contributed by atoms with Crippen molar-refractivity contribution >= 4 is 51.6 Å². The molecule has 2 bridgehead atoms. The number of hydrogen-bond donors (Lipinski definition) is 2. The minimum atomic E-state index is -2.87. The molecule has 0 spiro atoms. The summed E-state index contributed by atoms with van der Waals surface area (Å²) in [5.74, 6) is -0.0157. The molecule has 11 rings (SSSR count). The van der Waals surface area contributed by atoms with Gasteiger partial charge < -0.3 is 19.9 Å². The highest BCUT2D eigenvalue weighted by molar-refractivity contribution is 6.08. The van der Waals surface area contributed by atoms with E-state index in [9.17, 15) is 28.0 Å². The molecule has 3 amide bonds. The van der Waals surface area contributed by atoms with Crippen LogP contribution in [-0.2, 0) is 34.3 Å². The number of para-hydroxylation sites is 1. The monoisotopic (exact) mass is 916 g/mol. The second-order valence-electron chi connectivity index (χ2n) is 18.9. The molecule has 0 aliphatic carbocycles. The van der Waals surface area contributed by atoms with Gasteiger partial charge in [0.2, 0.25) is 11.8 Å². The minimum Gasteiger partial charge on any atom is -0.374 e. The van der Waals surface area contributed by atoms with Crippen LogP contribution in [0.4, 0.5) is 26.0 Å². The summed E-state index contributed by atoms with van der Waals surface area (Å²) in [6.07, 6.45) is 8.93. The summed E-state index contributed by atoms with van der Waals surface area (Å²) in [5.41, 5.74) is 4.93. The maximum atomic E-state index is 14.3. The minimum absolute atomic E-state index is 0.0142. The molecule has 4 aromatic heterocycles. The Balaban J connectivity index is 0.662. The Morgan fingerprint density at radius 3 is 2.51 bits per heavy atom. The molecule has 2 N–H and O–H groups in total. The summed E-state index contributed by atoms with van der Waals surface area (Å²) in [6.45, 7) is 5.66. The number of aromatic nitrogens is 7. The number of anilines is 3. The van der Waals surface area contributed by atoms with Crippen LogP contribution in [0.5, 0.6) is 0 Å². The number of amides is 3. The molecule has 17 nitrogen and oxygen atoms in total. The third-order valence-electron chi connectivity index (χ3n) is 14.8. The van der Waals surface area contributed by atoms with Gasteiger partial charge in [-0.05, 0) is 92.7 Å². The Hall–Kier alpha value is -6.47. The van der Waals surface area contributed by atoms with E-state index in [1.807, 2.05) is 18.2 Å². The molecule has 0 saturated carbocycles. The zero-order valence-electron chi connectivity index (χ0n) is 37.4. The highest BCUT2D eigenvalue weighted by atomic mass is 19.3. The van der Waals surface area contributed by atoms with Gasteiger partial charge in [0.25, 0.3) is 12.3 Å². The molecule has 6 aromatic rings. The van der Waals surface area contributed by atoms with Gasteiger partial charge in [0, 0.05) is 70.8 Å². The number of nitrogens with one attached hydrogen (secondary N) is 2. The fourth-order valence-electron chi connectivity index (χ4n) is 11.1. The van der Waals surface area contributed by atoms with E-state index in [-0.39, 0.29) is 47.5 Å². The van der Waals surface area contributed by atoms with E-state index in [2.05, 4.69) is 65.9 Å². The first-order chi connectivity index (χ1) is 32.5. The van der Waals surface area contributed by atoms with Crippen LogP contribution in [-0.4, -0.2) is 108 Å². The zero-order chi connectivity index (χ0) is 45.9. The van der Waals surface area contributed by atoms with Gasteiger partial charge in [0.05, 0.1) is 47.7 Å². The van der Waals surface area contributed by atoms with Crippen LogP contribution >= 0.6 is 0 Å². The van der Waals surface area contributed by atoms with Crippen LogP contribution in [0.1, 0.15) is 97.1 Å². The standard InChI is InChI=1S/C48H54F2N12O5/c1-56-43-31(3-2-4-38(43)62(48(56)66)39-11-12-41(63)54-47(39)65)8-5-29-13-20-58(21-14-29)32-9-6-30(7-10-32)25-57-18-15-33(16-19-57)61-27-37(42(55-61)44(49)50)52-46(64)36-24-51-60-22-17-40(53-45(36)60)59-26-35-23-34(59)28-67-35/h2-4,6-7,9-10,17,22,24,27,29,33-35,39,44H,5,8,11-16,18-21,23,25-26,28H2,1H3,(H,52,64)(H,54,63,65)/t34-,35-,39?/m1/s1. The molecule has 0 radical (unpaired) electrons. The van der Waals surface area contributed by atoms with E-state index in [4.69, 9.17) is 9.72 Å². The number of halogens is 2. The van der Waals surface area contributed by atoms with Gasteiger partial charge >= 0.3 is 5.69 Å². The van der Waals surface area contributed by atoms with Gasteiger partial charge in [-0.25, -0.2) is 23.1 Å². The topological polar surface area (TPSA) is 169 Å². The first-order valence-electron chi connectivity index (χ1n) is 23.5. The number of hydrogen-bond acceptors (Lipinski definition) is 11. The average molecular weight is 917 g/mol. The molecular formula is C48H54F2N12O5. The van der Waals surface area contributed by atoms with Crippen molar-refractivity contribution < 1.29 is 27.9 Å². The Labute approximate surface area is 384 Å². The maximum absolute atomic E-state index is 14.3. The van der Waals surface area contributed by atoms with Crippen molar-refractivity contribution in [2.24, 2.45) is 13.0 Å². The molecule has 19 heteroatoms. The third-order valence-corrected chi connectivity index (χ3v) is 14.8. The van der Waals surface area contributed by atoms with Gasteiger partial charge in [-0.15, -0.1) is 0 Å². The predicted molar refractivity (Wildman–Crippen MR) is 245 cm³/mol. The molecule has 5 aliphatic rings. The number of fused-ring (bicyclic) bond motifs is 4. The molecular weight excluding hydrogens is 863 g/mol. The summed E-state index contributed by atoms with van der Waals surface area (Å²) in [4.78, 5) is 63.2. The van der Waals surface area contributed by atoms with E-state index in [1.165, 1.54) is 28.2 Å². The van der Waals surface area contributed by atoms with Crippen LogP contribution in [0.25, 0.3) is 16.7 Å². The number of carbonyl (C=O) groups excluding carboxylic acids is 3. The van der Waals surface area contributed by atoms with Crippen molar-refractivity contribution in [1.82, 2.24) is 43.7 Å². The first kappa shape index (κ1) is 43.1. The number of ether oxygens (including phenoxy) is 1. The Morgan fingerprint density at radius 2 is 1.78 bits per heavy atom. The lowest BCUT2D eigenvalue weighted by Gasteiger charge is -2.34. The SMILES string of the molecule is Cn1c(=O)n(C2CCC(=O)NC2=O)c2cccc(CCC3CCN(c4ccc(CN5CCC(n6cc(NC(=O)c7cnn8ccc(N9C[C@H]%10C[C@@H]9CO%10)nc78)c(C(F)F)n6)CC5)cc4)CC3)c21. The second kappa shape index (κ2) is 17.6. The first-order valence-corrected chi connectivity index (χ1v) is 23.5.